The molecule has 2 aliphatic heterocycles. The number of methoxy groups -OCH3 is 2. The van der Waals surface area contributed by atoms with E-state index in [4.69, 9.17) is 43.0 Å². The first-order chi connectivity index (χ1) is 31.9. The summed E-state index contributed by atoms with van der Waals surface area (Å²) >= 11 is 0. The van der Waals surface area contributed by atoms with Crippen LogP contribution in [0.4, 0.5) is 15.3 Å². The average molecular weight is 997 g/mol. The molecule has 3 N–H and O–H groups in total. The number of nitrogens with two attached hydrogens (primary N) is 1. The Hall–Kier alpha value is -5.05. The highest BCUT2D eigenvalue weighted by Crippen LogP contribution is 2.41. The number of anilines is 1. The molecule has 0 spiro atoms. The van der Waals surface area contributed by atoms with Crippen molar-refractivity contribution in [3.63, 3.8) is 0 Å². The Morgan fingerprint density at radius 2 is 1.09 bits per heavy atom. The number of amides is 4. The zero-order valence-electron chi connectivity index (χ0n) is 44.0. The van der Waals surface area contributed by atoms with Crippen LogP contribution in [0.3, 0.4) is 0 Å². The molecule has 2 aromatic carbocycles. The predicted molar refractivity (Wildman–Crippen MR) is 274 cm³/mol. The molecule has 69 heavy (non-hydrogen) atoms. The molecule has 18 heteroatoms. The molecule has 2 saturated heterocycles. The molecule has 0 aliphatic carbocycles. The summed E-state index contributed by atoms with van der Waals surface area (Å²) in [7, 11) is -1.26. The lowest BCUT2D eigenvalue weighted by Crippen LogP contribution is -2.46. The standard InChI is InChI=1S/C51H80N4O12Si2/c1-33-23-35(31-64-68(14,15)50(6,7)8)54(29-33)45(56)37-25-41(60-12)43(27-39(37)53-48(59)67-49(3,4)5)62-21-19-18-20-22-63-44-28-40(66-47(52)58)38(26-42(44)61-13)46(57)55-30-34(2)24-36(55)32-65-69(16,17)51(9,10)11/h25-28,35-36H,1-2,18-24,29-32H2,3-17H3,(H2,52,58)(H,53,59). The maximum atomic E-state index is 14.4. The highest BCUT2D eigenvalue weighted by Gasteiger charge is 2.42. The van der Waals surface area contributed by atoms with Crippen LogP contribution in [0.15, 0.2) is 48.6 Å². The number of unbranched alkanes of at least 4 members (excludes halogenated alkanes) is 2. The molecule has 2 unspecified atom stereocenters. The lowest BCUT2D eigenvalue weighted by Gasteiger charge is -2.38. The van der Waals surface area contributed by atoms with Crippen molar-refractivity contribution < 1.29 is 56.5 Å². The molecule has 0 aromatic heterocycles. The summed E-state index contributed by atoms with van der Waals surface area (Å²) in [5.74, 6) is 0.446. The molecule has 2 fully saturated rings. The Morgan fingerprint density at radius 3 is 1.51 bits per heavy atom. The Kier molecular flexibility index (Phi) is 18.7. The van der Waals surface area contributed by atoms with E-state index in [9.17, 15) is 19.2 Å². The van der Waals surface area contributed by atoms with Gasteiger partial charge in [-0.1, -0.05) is 65.8 Å². The molecule has 16 nitrogen and oxygen atoms in total. The Labute approximate surface area is 412 Å². The Morgan fingerprint density at radius 1 is 0.652 bits per heavy atom. The summed E-state index contributed by atoms with van der Waals surface area (Å²) in [6, 6.07) is 5.62. The third kappa shape index (κ3) is 15.2. The van der Waals surface area contributed by atoms with E-state index in [1.165, 1.54) is 26.4 Å². The number of carbonyl (C=O) groups is 4. The fraction of sp³-hybridized carbons (Fsp3) is 0.608. The van der Waals surface area contributed by atoms with Crippen molar-refractivity contribution in [3.8, 4) is 28.7 Å². The second-order valence-electron chi connectivity index (χ2n) is 22.1. The highest BCUT2D eigenvalue weighted by molar-refractivity contribution is 6.74. The number of rotatable bonds is 20. The van der Waals surface area contributed by atoms with Crippen molar-refractivity contribution in [3.05, 3.63) is 59.7 Å². The van der Waals surface area contributed by atoms with E-state index in [-0.39, 0.29) is 81.3 Å². The van der Waals surface area contributed by atoms with Crippen LogP contribution < -0.4 is 34.7 Å². The number of carbonyl (C=O) groups excluding carboxylic acids is 4. The first-order valence-electron chi connectivity index (χ1n) is 23.8. The molecule has 2 heterocycles. The normalized spacial score (nSPS) is 16.9. The molecule has 4 rings (SSSR count). The summed E-state index contributed by atoms with van der Waals surface area (Å²) in [4.78, 5) is 57.3. The first kappa shape index (κ1) is 56.5. The quantitative estimate of drug-likeness (QED) is 0.0727. The van der Waals surface area contributed by atoms with E-state index >= 15 is 0 Å². The van der Waals surface area contributed by atoms with Gasteiger partial charge >= 0.3 is 12.2 Å². The van der Waals surface area contributed by atoms with Crippen LogP contribution in [0.2, 0.25) is 36.3 Å². The zero-order valence-corrected chi connectivity index (χ0v) is 46.0. The number of nitrogens with one attached hydrogen (secondary N) is 1. The number of hydrogen-bond acceptors (Lipinski definition) is 12. The van der Waals surface area contributed by atoms with Crippen molar-refractivity contribution >= 4 is 46.3 Å². The van der Waals surface area contributed by atoms with Gasteiger partial charge in [-0.25, -0.2) is 9.59 Å². The van der Waals surface area contributed by atoms with Gasteiger partial charge < -0.3 is 52.8 Å². The largest absolute Gasteiger partial charge is 0.493 e. The highest BCUT2D eigenvalue weighted by atomic mass is 28.4. The van der Waals surface area contributed by atoms with E-state index in [0.717, 1.165) is 11.1 Å². The van der Waals surface area contributed by atoms with Crippen LogP contribution in [0.25, 0.3) is 0 Å². The third-order valence-corrected chi connectivity index (χ3v) is 22.3. The molecule has 4 amide bonds. The van der Waals surface area contributed by atoms with Crippen LogP contribution in [-0.2, 0) is 13.6 Å². The van der Waals surface area contributed by atoms with Gasteiger partial charge in [0.25, 0.3) is 11.8 Å². The van der Waals surface area contributed by atoms with Gasteiger partial charge in [0.15, 0.2) is 39.6 Å². The van der Waals surface area contributed by atoms with Gasteiger partial charge in [-0.3, -0.25) is 14.9 Å². The number of likely N-dealkylation sites (tertiary alicyclic amines) is 2. The summed E-state index contributed by atoms with van der Waals surface area (Å²) in [5.41, 5.74) is 7.01. The van der Waals surface area contributed by atoms with Gasteiger partial charge in [-0.15, -0.1) is 0 Å². The van der Waals surface area contributed by atoms with Gasteiger partial charge in [0.1, 0.15) is 11.4 Å². The van der Waals surface area contributed by atoms with Crippen molar-refractivity contribution in [1.82, 2.24) is 9.80 Å². The summed E-state index contributed by atoms with van der Waals surface area (Å²) in [6.07, 6.45) is 1.28. The number of ether oxygens (including phenoxy) is 6. The van der Waals surface area contributed by atoms with Crippen LogP contribution in [-0.4, -0.2) is 122 Å². The predicted octanol–water partition coefficient (Wildman–Crippen LogP) is 10.7. The van der Waals surface area contributed by atoms with E-state index < -0.39 is 34.4 Å². The molecular weight excluding hydrogens is 917 g/mol. The lowest BCUT2D eigenvalue weighted by molar-refractivity contribution is 0.0634. The summed E-state index contributed by atoms with van der Waals surface area (Å²) in [5, 5.41) is 2.77. The van der Waals surface area contributed by atoms with Crippen LogP contribution >= 0.6 is 0 Å². The van der Waals surface area contributed by atoms with E-state index in [1.54, 1.807) is 42.7 Å². The molecular formula is C51H80N4O12Si2. The minimum atomic E-state index is -2.11. The van der Waals surface area contributed by atoms with Crippen LogP contribution in [0, 0.1) is 0 Å². The molecule has 2 aliphatic rings. The first-order valence-corrected chi connectivity index (χ1v) is 29.6. The second-order valence-corrected chi connectivity index (χ2v) is 31.7. The number of benzene rings is 2. The third-order valence-electron chi connectivity index (χ3n) is 13.3. The monoisotopic (exact) mass is 997 g/mol. The van der Waals surface area contributed by atoms with Gasteiger partial charge in [-0.2, -0.15) is 0 Å². The van der Waals surface area contributed by atoms with E-state index in [0.29, 0.717) is 69.9 Å². The molecule has 0 saturated carbocycles. The van der Waals surface area contributed by atoms with Crippen molar-refractivity contribution in [2.24, 2.45) is 5.73 Å². The number of nitrogens with zero attached hydrogens (tertiary/aromatic N) is 2. The molecule has 2 aromatic rings. The lowest BCUT2D eigenvalue weighted by atomic mass is 10.1. The number of primary amides is 1. The number of hydrogen-bond donors (Lipinski definition) is 2. The fourth-order valence-electron chi connectivity index (χ4n) is 7.33. The maximum absolute atomic E-state index is 14.4. The molecule has 0 radical (unpaired) electrons. The van der Waals surface area contributed by atoms with Gasteiger partial charge in [0.05, 0.1) is 69.5 Å². The fourth-order valence-corrected chi connectivity index (χ4v) is 9.41. The van der Waals surface area contributed by atoms with Crippen molar-refractivity contribution in [1.29, 1.82) is 0 Å². The average Bonchev–Trinajstić information content (AvgIpc) is 3.80. The SMILES string of the molecule is C=C1CC(CO[Si](C)(C)C(C)(C)C)N(C(=O)c2cc(OC)c(OCCCCCOc3cc(OC(N)=O)c(C(=O)N4CC(=C)CC4CO[Si](C)(C)C(C)(C)C)cc3OC)cc2NC(=O)OC(C)(C)C)C1. The summed E-state index contributed by atoms with van der Waals surface area (Å²) < 4.78 is 47.7. The van der Waals surface area contributed by atoms with Gasteiger partial charge in [-0.05, 0) is 95.2 Å². The van der Waals surface area contributed by atoms with E-state index in [1.807, 2.05) is 0 Å². The second kappa shape index (κ2) is 22.8. The molecule has 2 atom stereocenters. The van der Waals surface area contributed by atoms with Crippen LogP contribution in [0.1, 0.15) is 115 Å². The van der Waals surface area contributed by atoms with Gasteiger partial charge in [0.2, 0.25) is 0 Å². The topological polar surface area (TPSA) is 187 Å². The van der Waals surface area contributed by atoms with Gasteiger partial charge in [0, 0.05) is 31.3 Å². The summed E-state index contributed by atoms with van der Waals surface area (Å²) in [6.45, 7) is 37.3. The van der Waals surface area contributed by atoms with E-state index in [2.05, 4.69) is 86.2 Å². The van der Waals surface area contributed by atoms with Crippen molar-refractivity contribution in [2.45, 2.75) is 148 Å². The maximum Gasteiger partial charge on any atom is 0.412 e. The Balaban J connectivity index is 1.45. The minimum Gasteiger partial charge on any atom is -0.493 e. The van der Waals surface area contributed by atoms with Crippen LogP contribution in [0.5, 0.6) is 28.7 Å². The van der Waals surface area contributed by atoms with Crippen molar-refractivity contribution in [2.75, 3.05) is 59.1 Å². The Bertz CT molecular complexity index is 2210. The smallest absolute Gasteiger partial charge is 0.412 e. The molecule has 0 bridgehead atoms. The molecule has 384 valence electrons. The minimum absolute atomic E-state index is 0.00484. The zero-order chi connectivity index (χ0) is 51.9.